The van der Waals surface area contributed by atoms with Gasteiger partial charge in [-0.2, -0.15) is 5.10 Å². The summed E-state index contributed by atoms with van der Waals surface area (Å²) < 4.78 is 3.43. The molecule has 128 valence electrons. The summed E-state index contributed by atoms with van der Waals surface area (Å²) in [5.41, 5.74) is 0.875. The van der Waals surface area contributed by atoms with Crippen LogP contribution in [0.25, 0.3) is 5.82 Å². The Morgan fingerprint density at radius 1 is 1.12 bits per heavy atom. The number of carbonyl (C=O) groups is 1. The molecule has 0 aliphatic carbocycles. The average molecular weight is 329 g/mol. The molecule has 1 atom stereocenters. The summed E-state index contributed by atoms with van der Waals surface area (Å²) in [6.45, 7) is 3.91. The summed E-state index contributed by atoms with van der Waals surface area (Å²) in [4.78, 5) is 17.5. The number of rotatable bonds is 2. The molecule has 24 heavy (non-hydrogen) atoms. The topological polar surface area (TPSA) is 72.1 Å². The van der Waals surface area contributed by atoms with Crippen molar-refractivity contribution in [3.8, 4) is 5.82 Å². The summed E-state index contributed by atoms with van der Waals surface area (Å²) in [5, 5.41) is 11.9. The zero-order valence-electron chi connectivity index (χ0n) is 14.2. The van der Waals surface area contributed by atoms with Crippen LogP contribution < -0.4 is 0 Å². The summed E-state index contributed by atoms with van der Waals surface area (Å²) in [7, 11) is 4.00. The summed E-state index contributed by atoms with van der Waals surface area (Å²) in [6, 6.07) is 0. The van der Waals surface area contributed by atoms with Crippen LogP contribution in [0.3, 0.4) is 0 Å². The van der Waals surface area contributed by atoms with Crippen molar-refractivity contribution in [3.63, 3.8) is 0 Å². The first-order chi connectivity index (χ1) is 11.6. The van der Waals surface area contributed by atoms with Gasteiger partial charge in [0.05, 0.1) is 6.20 Å². The summed E-state index contributed by atoms with van der Waals surface area (Å²) in [5.74, 6) is 0.767. The van der Waals surface area contributed by atoms with E-state index in [4.69, 9.17) is 0 Å². The van der Waals surface area contributed by atoms with E-state index >= 15 is 0 Å². The second-order valence-corrected chi connectivity index (χ2v) is 7.19. The van der Waals surface area contributed by atoms with E-state index in [1.807, 2.05) is 11.9 Å². The van der Waals surface area contributed by atoms with E-state index < -0.39 is 0 Å². The first-order valence-electron chi connectivity index (χ1n) is 8.43. The molecule has 1 amide bonds. The number of piperidine rings is 1. The Labute approximate surface area is 141 Å². The molecule has 2 fully saturated rings. The maximum absolute atomic E-state index is 13.1. The SMILES string of the molecule is CN1CCCC2(CCN(C(=O)c3cnn(C)c3-n3cnnc3)C2)C1. The highest BCUT2D eigenvalue weighted by molar-refractivity contribution is 5.97. The van der Waals surface area contributed by atoms with Crippen molar-refractivity contribution in [2.45, 2.75) is 19.3 Å². The van der Waals surface area contributed by atoms with Gasteiger partial charge in [0, 0.05) is 32.1 Å². The third-order valence-electron chi connectivity index (χ3n) is 5.38. The van der Waals surface area contributed by atoms with Gasteiger partial charge >= 0.3 is 0 Å². The van der Waals surface area contributed by atoms with Crippen LogP contribution in [0.15, 0.2) is 18.9 Å². The highest BCUT2D eigenvalue weighted by Gasteiger charge is 2.42. The van der Waals surface area contributed by atoms with Gasteiger partial charge in [-0.05, 0) is 32.9 Å². The predicted octanol–water partition coefficient (Wildman–Crippen LogP) is 0.559. The van der Waals surface area contributed by atoms with Crippen LogP contribution in [-0.4, -0.2) is 73.5 Å². The molecular formula is C16H23N7O. The van der Waals surface area contributed by atoms with Gasteiger partial charge in [0.15, 0.2) is 0 Å². The lowest BCUT2D eigenvalue weighted by Gasteiger charge is -2.38. The molecule has 0 bridgehead atoms. The Hall–Kier alpha value is -2.22. The Kier molecular flexibility index (Phi) is 3.64. The lowest BCUT2D eigenvalue weighted by molar-refractivity contribution is 0.0722. The number of amides is 1. The molecule has 1 spiro atoms. The van der Waals surface area contributed by atoms with Crippen LogP contribution in [0.1, 0.15) is 29.6 Å². The molecule has 0 radical (unpaired) electrons. The fourth-order valence-corrected chi connectivity index (χ4v) is 4.26. The summed E-state index contributed by atoms with van der Waals surface area (Å²) >= 11 is 0. The average Bonchev–Trinajstić information content (AvgIpc) is 3.27. The molecular weight excluding hydrogens is 306 g/mol. The molecule has 8 heteroatoms. The van der Waals surface area contributed by atoms with Gasteiger partial charge in [-0.3, -0.25) is 14.0 Å². The Morgan fingerprint density at radius 2 is 1.92 bits per heavy atom. The second kappa shape index (κ2) is 5.70. The van der Waals surface area contributed by atoms with Gasteiger partial charge in [0.1, 0.15) is 24.0 Å². The summed E-state index contributed by atoms with van der Waals surface area (Å²) in [6.07, 6.45) is 8.36. The molecule has 4 rings (SSSR count). The van der Waals surface area contributed by atoms with Gasteiger partial charge in [-0.15, -0.1) is 10.2 Å². The Bertz CT molecular complexity index is 738. The van der Waals surface area contributed by atoms with Gasteiger partial charge in [-0.25, -0.2) is 0 Å². The number of hydrogen-bond acceptors (Lipinski definition) is 5. The molecule has 2 aliphatic rings. The fourth-order valence-electron chi connectivity index (χ4n) is 4.26. The molecule has 1 unspecified atom stereocenters. The van der Waals surface area contributed by atoms with Crippen LogP contribution in [0, 0.1) is 5.41 Å². The number of aryl methyl sites for hydroxylation is 1. The van der Waals surface area contributed by atoms with Crippen LogP contribution in [0.2, 0.25) is 0 Å². The van der Waals surface area contributed by atoms with Crippen LogP contribution in [-0.2, 0) is 7.05 Å². The largest absolute Gasteiger partial charge is 0.338 e. The van der Waals surface area contributed by atoms with E-state index in [9.17, 15) is 4.79 Å². The third kappa shape index (κ3) is 2.50. The van der Waals surface area contributed by atoms with Gasteiger partial charge < -0.3 is 9.80 Å². The van der Waals surface area contributed by atoms with Crippen molar-refractivity contribution in [1.29, 1.82) is 0 Å². The minimum atomic E-state index is 0.0527. The first kappa shape index (κ1) is 15.3. The fraction of sp³-hybridized carbons (Fsp3) is 0.625. The maximum atomic E-state index is 13.1. The highest BCUT2D eigenvalue weighted by atomic mass is 16.2. The lowest BCUT2D eigenvalue weighted by Crippen LogP contribution is -2.43. The normalized spacial score (nSPS) is 24.8. The van der Waals surface area contributed by atoms with Crippen molar-refractivity contribution in [2.75, 3.05) is 33.2 Å². The second-order valence-electron chi connectivity index (χ2n) is 7.19. The molecule has 8 nitrogen and oxygen atoms in total. The van der Waals surface area contributed by atoms with E-state index in [1.165, 1.54) is 12.8 Å². The van der Waals surface area contributed by atoms with Crippen LogP contribution in [0.4, 0.5) is 0 Å². The van der Waals surface area contributed by atoms with Crippen molar-refractivity contribution >= 4 is 5.91 Å². The molecule has 4 heterocycles. The van der Waals surface area contributed by atoms with Crippen LogP contribution in [0.5, 0.6) is 0 Å². The third-order valence-corrected chi connectivity index (χ3v) is 5.38. The number of nitrogens with zero attached hydrogens (tertiary/aromatic N) is 7. The van der Waals surface area contributed by atoms with E-state index in [-0.39, 0.29) is 11.3 Å². The first-order valence-corrected chi connectivity index (χ1v) is 8.43. The zero-order valence-corrected chi connectivity index (χ0v) is 14.2. The van der Waals surface area contributed by atoms with Gasteiger partial charge in [0.2, 0.25) is 0 Å². The van der Waals surface area contributed by atoms with Gasteiger partial charge in [0.25, 0.3) is 5.91 Å². The Balaban J connectivity index is 1.58. The van der Waals surface area contributed by atoms with E-state index in [0.29, 0.717) is 11.4 Å². The van der Waals surface area contributed by atoms with Crippen molar-refractivity contribution in [1.82, 2.24) is 34.3 Å². The minimum absolute atomic E-state index is 0.0527. The monoisotopic (exact) mass is 329 g/mol. The molecule has 2 aliphatic heterocycles. The van der Waals surface area contributed by atoms with E-state index in [1.54, 1.807) is 28.1 Å². The lowest BCUT2D eigenvalue weighted by atomic mass is 9.79. The molecule has 2 aromatic heterocycles. The molecule has 0 aromatic carbocycles. The number of carbonyl (C=O) groups excluding carboxylic acids is 1. The van der Waals surface area contributed by atoms with Crippen molar-refractivity contribution < 1.29 is 4.79 Å². The van der Waals surface area contributed by atoms with Gasteiger partial charge in [-0.1, -0.05) is 0 Å². The Morgan fingerprint density at radius 3 is 2.67 bits per heavy atom. The number of hydrogen-bond donors (Lipinski definition) is 0. The molecule has 2 aromatic rings. The molecule has 0 N–H and O–H groups in total. The van der Waals surface area contributed by atoms with Crippen LogP contribution >= 0.6 is 0 Å². The zero-order chi connectivity index (χ0) is 16.7. The smallest absolute Gasteiger partial charge is 0.259 e. The predicted molar refractivity (Wildman–Crippen MR) is 87.8 cm³/mol. The van der Waals surface area contributed by atoms with E-state index in [2.05, 4.69) is 27.2 Å². The molecule has 0 saturated carbocycles. The minimum Gasteiger partial charge on any atom is -0.338 e. The van der Waals surface area contributed by atoms with E-state index in [0.717, 1.165) is 32.6 Å². The van der Waals surface area contributed by atoms with Crippen molar-refractivity contribution in [3.05, 3.63) is 24.4 Å². The van der Waals surface area contributed by atoms with Crippen molar-refractivity contribution in [2.24, 2.45) is 12.5 Å². The standard InChI is InChI=1S/C16H23N7O/c1-20-6-3-4-16(9-20)5-7-22(10-16)15(24)13-8-19-21(2)14(13)23-11-17-18-12-23/h8,11-12H,3-7,9-10H2,1-2H3. The molecule has 2 saturated heterocycles. The maximum Gasteiger partial charge on any atom is 0.259 e. The number of aromatic nitrogens is 5. The number of likely N-dealkylation sites (tertiary alicyclic amines) is 2. The highest BCUT2D eigenvalue weighted by Crippen LogP contribution is 2.39. The quantitative estimate of drug-likeness (QED) is 0.805.